The van der Waals surface area contributed by atoms with Gasteiger partial charge in [-0.25, -0.2) is 4.79 Å². The molecular weight excluding hydrogens is 266 g/mol. The Kier molecular flexibility index (Phi) is 6.25. The molecule has 4 heteroatoms. The van der Waals surface area contributed by atoms with E-state index in [0.29, 0.717) is 5.92 Å². The first-order chi connectivity index (χ1) is 10.3. The summed E-state index contributed by atoms with van der Waals surface area (Å²) in [5, 5.41) is 2.66. The second-order valence-electron chi connectivity index (χ2n) is 5.69. The van der Waals surface area contributed by atoms with E-state index in [4.69, 9.17) is 4.74 Å². The molecule has 1 aliphatic carbocycles. The Morgan fingerprint density at radius 3 is 2.62 bits per heavy atom. The van der Waals surface area contributed by atoms with E-state index in [9.17, 15) is 9.59 Å². The molecular formula is C17H23NO3. The molecule has 1 saturated carbocycles. The molecule has 1 aromatic rings. The number of carbonyl (C=O) groups is 2. The van der Waals surface area contributed by atoms with Crippen LogP contribution in [0.5, 0.6) is 0 Å². The molecule has 1 aliphatic rings. The van der Waals surface area contributed by atoms with Gasteiger partial charge in [0.05, 0.1) is 6.04 Å². The van der Waals surface area contributed by atoms with Crippen molar-refractivity contribution in [3.05, 3.63) is 35.9 Å². The van der Waals surface area contributed by atoms with Gasteiger partial charge in [-0.2, -0.15) is 0 Å². The highest BCUT2D eigenvalue weighted by Gasteiger charge is 2.20. The van der Waals surface area contributed by atoms with Crippen LogP contribution in [0, 0.1) is 5.92 Å². The molecule has 1 aromatic carbocycles. The molecule has 0 bridgehead atoms. The van der Waals surface area contributed by atoms with Crippen molar-refractivity contribution in [2.24, 2.45) is 5.92 Å². The second-order valence-corrected chi connectivity index (χ2v) is 5.69. The van der Waals surface area contributed by atoms with Crippen LogP contribution in [0.15, 0.2) is 30.3 Å². The Labute approximate surface area is 125 Å². The number of hydrogen-bond donors (Lipinski definition) is 1. The van der Waals surface area contributed by atoms with Crippen LogP contribution in [0.2, 0.25) is 0 Å². The highest BCUT2D eigenvalue weighted by molar-refractivity contribution is 5.73. The van der Waals surface area contributed by atoms with Crippen LogP contribution in [-0.2, 0) is 16.1 Å². The van der Waals surface area contributed by atoms with E-state index in [1.54, 1.807) is 0 Å². The number of nitrogens with one attached hydrogen (secondary N) is 1. The van der Waals surface area contributed by atoms with Gasteiger partial charge < -0.3 is 14.8 Å². The number of aldehydes is 1. The average Bonchev–Trinajstić information content (AvgIpc) is 2.54. The number of carbonyl (C=O) groups excluding carboxylic acids is 2. The van der Waals surface area contributed by atoms with Crippen LogP contribution in [-0.4, -0.2) is 18.4 Å². The van der Waals surface area contributed by atoms with Gasteiger partial charge in [0.25, 0.3) is 0 Å². The number of amides is 1. The molecule has 0 aliphatic heterocycles. The maximum atomic E-state index is 11.7. The Morgan fingerprint density at radius 1 is 1.24 bits per heavy atom. The first kappa shape index (κ1) is 15.5. The fraction of sp³-hybridized carbons (Fsp3) is 0.529. The fourth-order valence-corrected chi connectivity index (χ4v) is 2.85. The fourth-order valence-electron chi connectivity index (χ4n) is 2.85. The smallest absolute Gasteiger partial charge is 0.408 e. The first-order valence-electron chi connectivity index (χ1n) is 7.70. The normalized spacial score (nSPS) is 17.0. The van der Waals surface area contributed by atoms with Crippen molar-refractivity contribution in [2.75, 3.05) is 0 Å². The molecule has 1 fully saturated rings. The van der Waals surface area contributed by atoms with E-state index in [2.05, 4.69) is 5.32 Å². The van der Waals surface area contributed by atoms with E-state index >= 15 is 0 Å². The highest BCUT2D eigenvalue weighted by Crippen LogP contribution is 2.27. The zero-order valence-corrected chi connectivity index (χ0v) is 12.3. The van der Waals surface area contributed by atoms with E-state index in [0.717, 1.165) is 31.1 Å². The number of alkyl carbamates (subject to hydrolysis) is 1. The average molecular weight is 289 g/mol. The van der Waals surface area contributed by atoms with Crippen molar-refractivity contribution in [1.29, 1.82) is 0 Å². The Hall–Kier alpha value is -1.84. The Balaban J connectivity index is 1.72. The molecule has 114 valence electrons. The molecule has 1 atom stereocenters. The van der Waals surface area contributed by atoms with Gasteiger partial charge in [-0.3, -0.25) is 0 Å². The van der Waals surface area contributed by atoms with Gasteiger partial charge in [-0.1, -0.05) is 62.4 Å². The molecule has 0 saturated heterocycles. The zero-order chi connectivity index (χ0) is 14.9. The third-order valence-electron chi connectivity index (χ3n) is 3.99. The summed E-state index contributed by atoms with van der Waals surface area (Å²) in [6.45, 7) is 0.224. The van der Waals surface area contributed by atoms with Gasteiger partial charge in [0, 0.05) is 0 Å². The van der Waals surface area contributed by atoms with Gasteiger partial charge in [-0.05, 0) is 17.9 Å². The van der Waals surface area contributed by atoms with Crippen LogP contribution in [0.1, 0.15) is 44.1 Å². The van der Waals surface area contributed by atoms with Gasteiger partial charge in [0.2, 0.25) is 0 Å². The third kappa shape index (κ3) is 5.58. The summed E-state index contributed by atoms with van der Waals surface area (Å²) < 4.78 is 5.14. The Bertz CT molecular complexity index is 441. The lowest BCUT2D eigenvalue weighted by molar-refractivity contribution is -0.110. The minimum absolute atomic E-state index is 0.224. The quantitative estimate of drug-likeness (QED) is 0.816. The van der Waals surface area contributed by atoms with Gasteiger partial charge in [0.1, 0.15) is 12.9 Å². The summed E-state index contributed by atoms with van der Waals surface area (Å²) >= 11 is 0. The van der Waals surface area contributed by atoms with Crippen molar-refractivity contribution < 1.29 is 14.3 Å². The van der Waals surface area contributed by atoms with Crippen molar-refractivity contribution in [1.82, 2.24) is 5.32 Å². The van der Waals surface area contributed by atoms with Crippen LogP contribution in [0.25, 0.3) is 0 Å². The Morgan fingerprint density at radius 2 is 1.95 bits per heavy atom. The minimum Gasteiger partial charge on any atom is -0.445 e. The van der Waals surface area contributed by atoms with Crippen LogP contribution in [0.4, 0.5) is 4.79 Å². The number of ether oxygens (including phenoxy) is 1. The van der Waals surface area contributed by atoms with Crippen molar-refractivity contribution in [2.45, 2.75) is 51.2 Å². The standard InChI is InChI=1S/C17H23NO3/c19-12-16(11-14-7-3-1-4-8-14)18-17(20)21-13-15-9-5-2-6-10-15/h2,5-6,9-10,12,14,16H,1,3-4,7-8,11,13H2,(H,18,20). The molecule has 4 nitrogen and oxygen atoms in total. The molecule has 21 heavy (non-hydrogen) atoms. The summed E-state index contributed by atoms with van der Waals surface area (Å²) in [6.07, 6.45) is 7.09. The lowest BCUT2D eigenvalue weighted by atomic mass is 9.85. The van der Waals surface area contributed by atoms with Crippen molar-refractivity contribution >= 4 is 12.4 Å². The summed E-state index contributed by atoms with van der Waals surface area (Å²) in [6, 6.07) is 9.06. The van der Waals surface area contributed by atoms with Gasteiger partial charge >= 0.3 is 6.09 Å². The largest absolute Gasteiger partial charge is 0.445 e. The molecule has 2 rings (SSSR count). The molecule has 0 heterocycles. The summed E-state index contributed by atoms with van der Waals surface area (Å²) in [5.41, 5.74) is 0.933. The SMILES string of the molecule is O=CC(CC1CCCCC1)NC(=O)OCc1ccccc1. The van der Waals surface area contributed by atoms with Crippen molar-refractivity contribution in [3.8, 4) is 0 Å². The summed E-state index contributed by atoms with van der Waals surface area (Å²) in [4.78, 5) is 22.9. The number of hydrogen-bond acceptors (Lipinski definition) is 3. The maximum absolute atomic E-state index is 11.7. The molecule has 1 N–H and O–H groups in total. The monoisotopic (exact) mass is 289 g/mol. The van der Waals surface area contributed by atoms with E-state index in [1.165, 1.54) is 19.3 Å². The summed E-state index contributed by atoms with van der Waals surface area (Å²) in [7, 11) is 0. The van der Waals surface area contributed by atoms with E-state index < -0.39 is 12.1 Å². The molecule has 1 amide bonds. The third-order valence-corrected chi connectivity index (χ3v) is 3.99. The molecule has 0 aromatic heterocycles. The zero-order valence-electron chi connectivity index (χ0n) is 12.3. The number of rotatable bonds is 6. The predicted molar refractivity (Wildman–Crippen MR) is 80.8 cm³/mol. The molecule has 0 spiro atoms. The minimum atomic E-state index is -0.522. The van der Waals surface area contributed by atoms with Crippen LogP contribution < -0.4 is 5.32 Å². The lowest BCUT2D eigenvalue weighted by Crippen LogP contribution is -2.38. The maximum Gasteiger partial charge on any atom is 0.408 e. The summed E-state index contributed by atoms with van der Waals surface area (Å²) in [5.74, 6) is 0.545. The van der Waals surface area contributed by atoms with Crippen LogP contribution >= 0.6 is 0 Å². The van der Waals surface area contributed by atoms with Gasteiger partial charge in [0.15, 0.2) is 0 Å². The van der Waals surface area contributed by atoms with Gasteiger partial charge in [-0.15, -0.1) is 0 Å². The van der Waals surface area contributed by atoms with Crippen LogP contribution in [0.3, 0.4) is 0 Å². The lowest BCUT2D eigenvalue weighted by Gasteiger charge is -2.24. The first-order valence-corrected chi connectivity index (χ1v) is 7.70. The van der Waals surface area contributed by atoms with Crippen molar-refractivity contribution in [3.63, 3.8) is 0 Å². The predicted octanol–water partition coefficient (Wildman–Crippen LogP) is 3.45. The van der Waals surface area contributed by atoms with E-state index in [-0.39, 0.29) is 6.61 Å². The molecule has 0 radical (unpaired) electrons. The number of benzene rings is 1. The second kappa shape index (κ2) is 8.45. The highest BCUT2D eigenvalue weighted by atomic mass is 16.5. The molecule has 1 unspecified atom stereocenters. The topological polar surface area (TPSA) is 55.4 Å². The van der Waals surface area contributed by atoms with E-state index in [1.807, 2.05) is 30.3 Å².